The predicted molar refractivity (Wildman–Crippen MR) is 51.2 cm³/mol. The number of nitrogens with zero attached hydrogens (tertiary/aromatic N) is 1. The summed E-state index contributed by atoms with van der Waals surface area (Å²) in [6.07, 6.45) is 1.55. The maximum Gasteiger partial charge on any atom is 0.358 e. The lowest BCUT2D eigenvalue weighted by molar-refractivity contribution is 0.0595. The van der Waals surface area contributed by atoms with Gasteiger partial charge in [0.05, 0.1) is 18.9 Å². The summed E-state index contributed by atoms with van der Waals surface area (Å²) < 4.78 is 9.77. The fourth-order valence-electron chi connectivity index (χ4n) is 1.07. The van der Waals surface area contributed by atoms with Crippen molar-refractivity contribution in [1.82, 2.24) is 4.98 Å². The predicted octanol–water partition coefficient (Wildman–Crippen LogP) is 2.19. The molecule has 0 bridgehead atoms. The number of aromatic nitrogens is 1. The second-order valence-corrected chi connectivity index (χ2v) is 3.35. The van der Waals surface area contributed by atoms with Gasteiger partial charge in [0.25, 0.3) is 0 Å². The first-order chi connectivity index (χ1) is 6.83. The van der Waals surface area contributed by atoms with Crippen LogP contribution in [0.2, 0.25) is 0 Å². The molecule has 0 atom stereocenters. The lowest BCUT2D eigenvalue weighted by atomic mass is 10.3. The minimum Gasteiger partial charge on any atom is -0.464 e. The number of ether oxygens (including phenoxy) is 1. The number of hydrogen-bond donors (Lipinski definition) is 0. The zero-order chi connectivity index (χ0) is 9.97. The summed E-state index contributed by atoms with van der Waals surface area (Å²) >= 11 is 1.35. The first-order valence-electron chi connectivity index (χ1n) is 3.88. The molecule has 0 spiro atoms. The summed E-state index contributed by atoms with van der Waals surface area (Å²) in [5.41, 5.74) is 1.89. The van der Waals surface area contributed by atoms with Gasteiger partial charge in [0.15, 0.2) is 5.69 Å². The van der Waals surface area contributed by atoms with Crippen LogP contribution >= 0.6 is 11.3 Å². The van der Waals surface area contributed by atoms with Gasteiger partial charge in [-0.2, -0.15) is 0 Å². The van der Waals surface area contributed by atoms with Gasteiger partial charge < -0.3 is 9.15 Å². The van der Waals surface area contributed by atoms with E-state index in [9.17, 15) is 4.79 Å². The smallest absolute Gasteiger partial charge is 0.358 e. The molecule has 0 saturated heterocycles. The Hall–Kier alpha value is -1.62. The van der Waals surface area contributed by atoms with E-state index in [4.69, 9.17) is 4.42 Å². The lowest BCUT2D eigenvalue weighted by Crippen LogP contribution is -2.02. The van der Waals surface area contributed by atoms with E-state index >= 15 is 0 Å². The van der Waals surface area contributed by atoms with Crippen LogP contribution in [0.25, 0.3) is 10.6 Å². The minimum absolute atomic E-state index is 0.299. The number of esters is 1. The maximum absolute atomic E-state index is 11.3. The van der Waals surface area contributed by atoms with E-state index in [1.165, 1.54) is 18.4 Å². The molecule has 2 rings (SSSR count). The fraction of sp³-hybridized carbons (Fsp3) is 0.111. The molecule has 2 heterocycles. The van der Waals surface area contributed by atoms with E-state index in [2.05, 4.69) is 9.72 Å². The fourth-order valence-corrected chi connectivity index (χ4v) is 1.81. The molecule has 14 heavy (non-hydrogen) atoms. The van der Waals surface area contributed by atoms with Crippen LogP contribution in [0, 0.1) is 0 Å². The summed E-state index contributed by atoms with van der Waals surface area (Å²) in [6.45, 7) is 0. The van der Waals surface area contributed by atoms with E-state index in [0.29, 0.717) is 16.3 Å². The highest BCUT2D eigenvalue weighted by molar-refractivity contribution is 7.13. The molecule has 0 radical (unpaired) electrons. The van der Waals surface area contributed by atoms with Crippen LogP contribution in [0.15, 0.2) is 28.3 Å². The molecule has 0 aromatic carbocycles. The van der Waals surface area contributed by atoms with Crippen LogP contribution in [-0.2, 0) is 4.74 Å². The van der Waals surface area contributed by atoms with E-state index in [-0.39, 0.29) is 0 Å². The number of carbonyl (C=O) groups excluding carboxylic acids is 1. The highest BCUT2D eigenvalue weighted by Gasteiger charge is 2.18. The average Bonchev–Trinajstić information content (AvgIpc) is 2.85. The number of furan rings is 1. The molecular formula is C9H7NO3S. The summed E-state index contributed by atoms with van der Waals surface area (Å²) in [5, 5.41) is 0. The molecule has 2 aromatic rings. The van der Waals surface area contributed by atoms with Gasteiger partial charge in [-0.25, -0.2) is 9.78 Å². The van der Waals surface area contributed by atoms with Gasteiger partial charge in [-0.3, -0.25) is 0 Å². The second-order valence-electron chi connectivity index (χ2n) is 2.50. The third kappa shape index (κ3) is 1.42. The highest BCUT2D eigenvalue weighted by atomic mass is 32.1. The van der Waals surface area contributed by atoms with Gasteiger partial charge in [0, 0.05) is 0 Å². The molecule has 2 aromatic heterocycles. The standard InChI is InChI=1S/C9H7NO3S/c1-12-9(11)7-8(14-5-10-7)6-3-2-4-13-6/h2-5H,1H3. The van der Waals surface area contributed by atoms with Gasteiger partial charge in [-0.1, -0.05) is 0 Å². The van der Waals surface area contributed by atoms with E-state index in [0.717, 1.165) is 0 Å². The Morgan fingerprint density at radius 1 is 1.64 bits per heavy atom. The molecule has 0 amide bonds. The van der Waals surface area contributed by atoms with Gasteiger partial charge in [-0.15, -0.1) is 11.3 Å². The van der Waals surface area contributed by atoms with Gasteiger partial charge in [-0.05, 0) is 12.1 Å². The second kappa shape index (κ2) is 3.63. The van der Waals surface area contributed by atoms with Gasteiger partial charge in [0.1, 0.15) is 10.6 Å². The normalized spacial score (nSPS) is 10.1. The van der Waals surface area contributed by atoms with Crippen molar-refractivity contribution >= 4 is 17.3 Å². The van der Waals surface area contributed by atoms with Crippen LogP contribution < -0.4 is 0 Å². The molecule has 0 aliphatic heterocycles. The maximum atomic E-state index is 11.3. The van der Waals surface area contributed by atoms with Crippen LogP contribution in [0.1, 0.15) is 10.5 Å². The number of thiazole rings is 1. The molecule has 0 fully saturated rings. The Bertz CT molecular complexity index is 433. The Morgan fingerprint density at radius 2 is 2.50 bits per heavy atom. The van der Waals surface area contributed by atoms with Crippen molar-refractivity contribution in [1.29, 1.82) is 0 Å². The Morgan fingerprint density at radius 3 is 3.14 bits per heavy atom. The summed E-state index contributed by atoms with van der Waals surface area (Å²) in [7, 11) is 1.33. The third-order valence-corrected chi connectivity index (χ3v) is 2.53. The Kier molecular flexibility index (Phi) is 2.32. The Balaban J connectivity index is 2.45. The number of carbonyl (C=O) groups is 1. The zero-order valence-corrected chi connectivity index (χ0v) is 8.21. The molecule has 72 valence electrons. The minimum atomic E-state index is -0.447. The van der Waals surface area contributed by atoms with Crippen molar-refractivity contribution in [2.75, 3.05) is 7.11 Å². The van der Waals surface area contributed by atoms with Crippen molar-refractivity contribution < 1.29 is 13.9 Å². The van der Waals surface area contributed by atoms with Crippen LogP contribution in [0.5, 0.6) is 0 Å². The van der Waals surface area contributed by atoms with Crippen molar-refractivity contribution in [2.45, 2.75) is 0 Å². The zero-order valence-electron chi connectivity index (χ0n) is 7.39. The largest absolute Gasteiger partial charge is 0.464 e. The van der Waals surface area contributed by atoms with Crippen molar-refractivity contribution in [3.63, 3.8) is 0 Å². The first kappa shape index (κ1) is 8.96. The SMILES string of the molecule is COC(=O)c1ncsc1-c1ccco1. The summed E-state index contributed by atoms with van der Waals surface area (Å²) in [4.78, 5) is 15.9. The number of methoxy groups -OCH3 is 1. The van der Waals surface area contributed by atoms with E-state index in [1.54, 1.807) is 23.9 Å². The van der Waals surface area contributed by atoms with E-state index in [1.807, 2.05) is 0 Å². The molecule has 0 N–H and O–H groups in total. The van der Waals surface area contributed by atoms with Crippen LogP contribution in [0.4, 0.5) is 0 Å². The molecule has 0 aliphatic carbocycles. The quantitative estimate of drug-likeness (QED) is 0.711. The van der Waals surface area contributed by atoms with Crippen molar-refractivity contribution in [3.8, 4) is 10.6 Å². The molecule has 4 nitrogen and oxygen atoms in total. The summed E-state index contributed by atoms with van der Waals surface area (Å²) in [6, 6.07) is 3.54. The van der Waals surface area contributed by atoms with Gasteiger partial charge >= 0.3 is 5.97 Å². The van der Waals surface area contributed by atoms with Crippen molar-refractivity contribution in [2.24, 2.45) is 0 Å². The lowest BCUT2D eigenvalue weighted by Gasteiger charge is -1.96. The highest BCUT2D eigenvalue weighted by Crippen LogP contribution is 2.28. The molecular weight excluding hydrogens is 202 g/mol. The summed E-state index contributed by atoms with van der Waals surface area (Å²) in [5.74, 6) is 0.186. The van der Waals surface area contributed by atoms with Crippen LogP contribution in [-0.4, -0.2) is 18.1 Å². The number of hydrogen-bond acceptors (Lipinski definition) is 5. The third-order valence-electron chi connectivity index (χ3n) is 1.69. The first-order valence-corrected chi connectivity index (χ1v) is 4.76. The molecule has 0 unspecified atom stereocenters. The monoisotopic (exact) mass is 209 g/mol. The number of rotatable bonds is 2. The molecule has 0 saturated carbocycles. The molecule has 5 heteroatoms. The average molecular weight is 209 g/mol. The topological polar surface area (TPSA) is 52.3 Å². The van der Waals surface area contributed by atoms with Gasteiger partial charge in [0.2, 0.25) is 0 Å². The van der Waals surface area contributed by atoms with E-state index < -0.39 is 5.97 Å². The van der Waals surface area contributed by atoms with Crippen LogP contribution in [0.3, 0.4) is 0 Å². The Labute approximate surface area is 84.1 Å². The molecule has 0 aliphatic rings. The van der Waals surface area contributed by atoms with Crippen molar-refractivity contribution in [3.05, 3.63) is 29.6 Å².